The third kappa shape index (κ3) is 3.49. The molecule has 0 atom stereocenters. The topological polar surface area (TPSA) is 80.8 Å². The van der Waals surface area contributed by atoms with Crippen LogP contribution in [0.4, 0.5) is 0 Å². The predicted molar refractivity (Wildman–Crippen MR) is 112 cm³/mol. The van der Waals surface area contributed by atoms with Crippen LogP contribution in [-0.2, 0) is 0 Å². The molecular weight excluding hydrogens is 364 g/mol. The molecular formula is C23H16N4O2. The predicted octanol–water partition coefficient (Wildman–Crippen LogP) is 3.85. The standard InChI is InChI=1S/C23H16N4O2/c1-29-20-9-7-19(8-10-20)27-22-16(5-4-12-26-22)13-17(23(27)28)14-18(15-24)21-6-2-3-11-25-21/h2-14H,1H3. The number of hydrogen-bond acceptors (Lipinski definition) is 5. The average molecular weight is 380 g/mol. The summed E-state index contributed by atoms with van der Waals surface area (Å²) in [6, 6.07) is 20.0. The molecule has 0 radical (unpaired) electrons. The highest BCUT2D eigenvalue weighted by atomic mass is 16.5. The Kier molecular flexibility index (Phi) is 4.87. The average Bonchev–Trinajstić information content (AvgIpc) is 2.78. The Bertz CT molecular complexity index is 1300. The second kappa shape index (κ2) is 7.79. The highest BCUT2D eigenvalue weighted by molar-refractivity contribution is 5.90. The summed E-state index contributed by atoms with van der Waals surface area (Å²) in [5, 5.41) is 10.4. The quantitative estimate of drug-likeness (QED) is 0.502. The number of nitrogens with zero attached hydrogens (tertiary/aromatic N) is 4. The van der Waals surface area contributed by atoms with E-state index in [1.165, 1.54) is 4.57 Å². The zero-order chi connectivity index (χ0) is 20.2. The van der Waals surface area contributed by atoms with Crippen LogP contribution in [0.5, 0.6) is 5.75 Å². The van der Waals surface area contributed by atoms with Crippen LogP contribution < -0.4 is 10.3 Å². The molecule has 4 rings (SSSR count). The molecule has 0 saturated carbocycles. The molecule has 6 heteroatoms. The van der Waals surface area contributed by atoms with Crippen molar-refractivity contribution in [1.29, 1.82) is 5.26 Å². The van der Waals surface area contributed by atoms with Gasteiger partial charge in [-0.05, 0) is 60.7 Å². The number of nitriles is 1. The molecule has 3 heterocycles. The van der Waals surface area contributed by atoms with Gasteiger partial charge < -0.3 is 4.74 Å². The van der Waals surface area contributed by atoms with Crippen LogP contribution in [0.3, 0.4) is 0 Å². The van der Waals surface area contributed by atoms with Crippen molar-refractivity contribution in [3.05, 3.63) is 94.7 Å². The Morgan fingerprint density at radius 1 is 1.07 bits per heavy atom. The fourth-order valence-electron chi connectivity index (χ4n) is 3.08. The Hall–Kier alpha value is -4.24. The summed E-state index contributed by atoms with van der Waals surface area (Å²) in [5.74, 6) is 0.692. The van der Waals surface area contributed by atoms with Crippen molar-refractivity contribution in [2.24, 2.45) is 0 Å². The Labute approximate surface area is 167 Å². The zero-order valence-corrected chi connectivity index (χ0v) is 15.6. The molecule has 29 heavy (non-hydrogen) atoms. The van der Waals surface area contributed by atoms with Crippen molar-refractivity contribution in [2.75, 3.05) is 7.11 Å². The van der Waals surface area contributed by atoms with Crippen molar-refractivity contribution < 1.29 is 4.74 Å². The molecule has 3 aromatic heterocycles. The van der Waals surface area contributed by atoms with Crippen molar-refractivity contribution in [3.8, 4) is 17.5 Å². The van der Waals surface area contributed by atoms with Gasteiger partial charge in [-0.3, -0.25) is 14.3 Å². The van der Waals surface area contributed by atoms with Gasteiger partial charge in [0, 0.05) is 23.3 Å². The lowest BCUT2D eigenvalue weighted by molar-refractivity contribution is 0.414. The zero-order valence-electron chi connectivity index (χ0n) is 15.6. The molecule has 0 unspecified atom stereocenters. The fraction of sp³-hybridized carbons (Fsp3) is 0.0435. The maximum absolute atomic E-state index is 13.3. The number of fused-ring (bicyclic) bond motifs is 1. The van der Waals surface area contributed by atoms with Gasteiger partial charge in [0.2, 0.25) is 0 Å². The molecule has 0 amide bonds. The minimum absolute atomic E-state index is 0.273. The first kappa shape index (κ1) is 18.1. The van der Waals surface area contributed by atoms with E-state index < -0.39 is 0 Å². The van der Waals surface area contributed by atoms with Crippen LogP contribution in [-0.4, -0.2) is 21.6 Å². The molecule has 4 aromatic rings. The van der Waals surface area contributed by atoms with Gasteiger partial charge >= 0.3 is 0 Å². The monoisotopic (exact) mass is 380 g/mol. The van der Waals surface area contributed by atoms with E-state index in [9.17, 15) is 10.1 Å². The molecule has 6 nitrogen and oxygen atoms in total. The Morgan fingerprint density at radius 3 is 2.55 bits per heavy atom. The third-order valence-electron chi connectivity index (χ3n) is 4.48. The summed E-state index contributed by atoms with van der Waals surface area (Å²) in [4.78, 5) is 21.9. The Morgan fingerprint density at radius 2 is 1.86 bits per heavy atom. The number of methoxy groups -OCH3 is 1. The van der Waals surface area contributed by atoms with E-state index >= 15 is 0 Å². The number of pyridine rings is 3. The highest BCUT2D eigenvalue weighted by Crippen LogP contribution is 2.21. The number of aromatic nitrogens is 3. The van der Waals surface area contributed by atoms with Crippen LogP contribution in [0.15, 0.2) is 77.9 Å². The van der Waals surface area contributed by atoms with Gasteiger partial charge in [-0.15, -0.1) is 0 Å². The van der Waals surface area contributed by atoms with Gasteiger partial charge in [0.25, 0.3) is 5.56 Å². The molecule has 0 aliphatic carbocycles. The van der Waals surface area contributed by atoms with Crippen molar-refractivity contribution >= 4 is 22.7 Å². The minimum Gasteiger partial charge on any atom is -0.497 e. The number of benzene rings is 1. The lowest BCUT2D eigenvalue weighted by Crippen LogP contribution is -2.21. The molecule has 0 saturated heterocycles. The summed E-state index contributed by atoms with van der Waals surface area (Å²) in [6.07, 6.45) is 4.82. The first-order valence-corrected chi connectivity index (χ1v) is 8.89. The SMILES string of the molecule is COc1ccc(-n2c(=O)c(C=C(C#N)c3ccccn3)cc3cccnc32)cc1. The number of rotatable bonds is 4. The van der Waals surface area contributed by atoms with E-state index in [1.54, 1.807) is 74.1 Å². The largest absolute Gasteiger partial charge is 0.497 e. The van der Waals surface area contributed by atoms with Gasteiger partial charge in [-0.2, -0.15) is 5.26 Å². The van der Waals surface area contributed by atoms with Gasteiger partial charge in [0.15, 0.2) is 0 Å². The van der Waals surface area contributed by atoms with E-state index in [-0.39, 0.29) is 5.56 Å². The Balaban J connectivity index is 1.97. The molecule has 0 aliphatic rings. The lowest BCUT2D eigenvalue weighted by atomic mass is 10.1. The highest BCUT2D eigenvalue weighted by Gasteiger charge is 2.12. The second-order valence-corrected chi connectivity index (χ2v) is 6.24. The molecule has 0 bridgehead atoms. The number of hydrogen-bond donors (Lipinski definition) is 0. The molecule has 0 spiro atoms. The van der Waals surface area contributed by atoms with E-state index in [4.69, 9.17) is 4.74 Å². The fourth-order valence-corrected chi connectivity index (χ4v) is 3.08. The van der Waals surface area contributed by atoms with Gasteiger partial charge in [-0.25, -0.2) is 4.98 Å². The van der Waals surface area contributed by atoms with Gasteiger partial charge in [-0.1, -0.05) is 6.07 Å². The normalized spacial score (nSPS) is 11.2. The molecule has 0 aliphatic heterocycles. The van der Waals surface area contributed by atoms with Gasteiger partial charge in [0.05, 0.1) is 24.1 Å². The van der Waals surface area contributed by atoms with E-state index in [1.807, 2.05) is 12.1 Å². The lowest BCUT2D eigenvalue weighted by Gasteiger charge is -2.12. The number of allylic oxidation sites excluding steroid dienone is 1. The first-order chi connectivity index (χ1) is 14.2. The number of ether oxygens (including phenoxy) is 1. The van der Waals surface area contributed by atoms with Crippen LogP contribution in [0.1, 0.15) is 11.3 Å². The van der Waals surface area contributed by atoms with Gasteiger partial charge in [0.1, 0.15) is 17.5 Å². The molecule has 1 aromatic carbocycles. The van der Waals surface area contributed by atoms with E-state index in [0.29, 0.717) is 33.9 Å². The van der Waals surface area contributed by atoms with E-state index in [2.05, 4.69) is 16.0 Å². The molecule has 0 N–H and O–H groups in total. The van der Waals surface area contributed by atoms with Crippen molar-refractivity contribution in [3.63, 3.8) is 0 Å². The van der Waals surface area contributed by atoms with E-state index in [0.717, 1.165) is 5.39 Å². The summed E-state index contributed by atoms with van der Waals surface area (Å²) in [5.41, 5.74) is 2.12. The molecule has 0 fully saturated rings. The smallest absolute Gasteiger partial charge is 0.264 e. The summed E-state index contributed by atoms with van der Waals surface area (Å²) in [6.45, 7) is 0. The van der Waals surface area contributed by atoms with Crippen LogP contribution >= 0.6 is 0 Å². The van der Waals surface area contributed by atoms with Crippen LogP contribution in [0, 0.1) is 11.3 Å². The minimum atomic E-state index is -0.273. The molecule has 140 valence electrons. The van der Waals surface area contributed by atoms with Crippen molar-refractivity contribution in [2.45, 2.75) is 0 Å². The summed E-state index contributed by atoms with van der Waals surface area (Å²) >= 11 is 0. The first-order valence-electron chi connectivity index (χ1n) is 8.89. The summed E-state index contributed by atoms with van der Waals surface area (Å²) in [7, 11) is 1.59. The second-order valence-electron chi connectivity index (χ2n) is 6.24. The third-order valence-corrected chi connectivity index (χ3v) is 4.48. The maximum atomic E-state index is 13.3. The van der Waals surface area contributed by atoms with Crippen LogP contribution in [0.2, 0.25) is 0 Å². The van der Waals surface area contributed by atoms with Crippen LogP contribution in [0.25, 0.3) is 28.4 Å². The van der Waals surface area contributed by atoms with Crippen molar-refractivity contribution in [1.82, 2.24) is 14.5 Å². The summed E-state index contributed by atoms with van der Waals surface area (Å²) < 4.78 is 6.74. The maximum Gasteiger partial charge on any atom is 0.264 e.